The van der Waals surface area contributed by atoms with Crippen LogP contribution in [-0.2, 0) is 9.53 Å². The molecule has 1 aliphatic heterocycles. The third-order valence-corrected chi connectivity index (χ3v) is 4.29. The van der Waals surface area contributed by atoms with E-state index in [-0.39, 0.29) is 18.5 Å². The summed E-state index contributed by atoms with van der Waals surface area (Å²) in [5.74, 6) is 0.341. The molecule has 1 aromatic carbocycles. The van der Waals surface area contributed by atoms with Crippen molar-refractivity contribution in [3.05, 3.63) is 29.8 Å². The molecule has 1 saturated heterocycles. The Bertz CT molecular complexity index is 572. The van der Waals surface area contributed by atoms with Gasteiger partial charge in [-0.25, -0.2) is 4.79 Å². The van der Waals surface area contributed by atoms with Crippen LogP contribution in [-0.4, -0.2) is 56.2 Å². The van der Waals surface area contributed by atoms with Gasteiger partial charge in [-0.05, 0) is 37.0 Å². The normalized spacial score (nSPS) is 14.5. The summed E-state index contributed by atoms with van der Waals surface area (Å²) >= 11 is 0. The van der Waals surface area contributed by atoms with E-state index >= 15 is 0 Å². The van der Waals surface area contributed by atoms with Crippen LogP contribution in [0.3, 0.4) is 0 Å². The summed E-state index contributed by atoms with van der Waals surface area (Å²) in [6.45, 7) is 9.41. The summed E-state index contributed by atoms with van der Waals surface area (Å²) < 4.78 is 5.23. The van der Waals surface area contributed by atoms with Crippen molar-refractivity contribution in [2.75, 3.05) is 44.3 Å². The summed E-state index contributed by atoms with van der Waals surface area (Å²) in [4.78, 5) is 27.8. The Labute approximate surface area is 150 Å². The van der Waals surface area contributed by atoms with Gasteiger partial charge in [-0.15, -0.1) is 0 Å². The van der Waals surface area contributed by atoms with E-state index in [9.17, 15) is 9.59 Å². The van der Waals surface area contributed by atoms with E-state index in [2.05, 4.69) is 31.3 Å². The molecule has 0 atom stereocenters. The lowest BCUT2D eigenvalue weighted by atomic mass is 10.0. The first-order valence-electron chi connectivity index (χ1n) is 9.03. The van der Waals surface area contributed by atoms with Gasteiger partial charge in [-0.3, -0.25) is 9.69 Å². The molecule has 0 aromatic heterocycles. The first-order valence-corrected chi connectivity index (χ1v) is 9.03. The number of carbonyl (C=O) groups excluding carboxylic acids is 2. The zero-order valence-corrected chi connectivity index (χ0v) is 15.5. The van der Waals surface area contributed by atoms with Crippen LogP contribution >= 0.6 is 0 Å². The molecule has 138 valence electrons. The molecule has 0 unspecified atom stereocenters. The smallest absolute Gasteiger partial charge is 0.325 e. The van der Waals surface area contributed by atoms with Gasteiger partial charge in [-0.2, -0.15) is 0 Å². The zero-order valence-electron chi connectivity index (χ0n) is 15.5. The van der Waals surface area contributed by atoms with Gasteiger partial charge in [0, 0.05) is 38.5 Å². The van der Waals surface area contributed by atoms with E-state index < -0.39 is 0 Å². The summed E-state index contributed by atoms with van der Waals surface area (Å²) in [5, 5.41) is 2.83. The van der Waals surface area contributed by atoms with Crippen LogP contribution < -0.4 is 10.2 Å². The number of rotatable bonds is 9. The van der Waals surface area contributed by atoms with E-state index in [1.165, 1.54) is 5.56 Å². The number of benzene rings is 1. The molecule has 0 saturated carbocycles. The molecular weight excluding hydrogens is 318 g/mol. The Morgan fingerprint density at radius 3 is 2.60 bits per heavy atom. The van der Waals surface area contributed by atoms with Crippen molar-refractivity contribution in [3.8, 4) is 0 Å². The Morgan fingerprint density at radius 2 is 1.96 bits per heavy atom. The average molecular weight is 347 g/mol. The number of amides is 3. The lowest BCUT2D eigenvalue weighted by Crippen LogP contribution is -2.40. The first kappa shape index (κ1) is 19.2. The maximum absolute atomic E-state index is 12.5. The maximum Gasteiger partial charge on any atom is 0.325 e. The molecule has 25 heavy (non-hydrogen) atoms. The quantitative estimate of drug-likeness (QED) is 0.699. The van der Waals surface area contributed by atoms with Crippen LogP contribution in [0.15, 0.2) is 24.3 Å². The van der Waals surface area contributed by atoms with Crippen LogP contribution in [0.1, 0.15) is 38.7 Å². The topological polar surface area (TPSA) is 61.9 Å². The molecule has 3 amide bonds. The van der Waals surface area contributed by atoms with Crippen LogP contribution in [0.2, 0.25) is 0 Å². The van der Waals surface area contributed by atoms with Gasteiger partial charge >= 0.3 is 6.03 Å². The zero-order chi connectivity index (χ0) is 18.2. The molecule has 2 rings (SSSR count). The lowest BCUT2D eigenvalue weighted by Gasteiger charge is -2.19. The number of hydrogen-bond acceptors (Lipinski definition) is 3. The van der Waals surface area contributed by atoms with Crippen LogP contribution in [0.25, 0.3) is 0 Å². The number of nitrogens with zero attached hydrogens (tertiary/aromatic N) is 2. The van der Waals surface area contributed by atoms with E-state index in [1.54, 1.807) is 9.80 Å². The summed E-state index contributed by atoms with van der Waals surface area (Å²) in [6, 6.07) is 7.96. The van der Waals surface area contributed by atoms with Crippen molar-refractivity contribution in [1.82, 2.24) is 10.2 Å². The van der Waals surface area contributed by atoms with E-state index in [4.69, 9.17) is 4.74 Å². The van der Waals surface area contributed by atoms with Gasteiger partial charge in [0.25, 0.3) is 0 Å². The number of hydrogen-bond donors (Lipinski definition) is 1. The molecular formula is C19H29N3O3. The molecule has 0 radical (unpaired) electrons. The van der Waals surface area contributed by atoms with Crippen molar-refractivity contribution in [2.24, 2.45) is 0 Å². The predicted molar refractivity (Wildman–Crippen MR) is 99.0 cm³/mol. The number of carbonyl (C=O) groups is 2. The van der Waals surface area contributed by atoms with Gasteiger partial charge in [0.05, 0.1) is 0 Å². The Kier molecular flexibility index (Phi) is 7.25. The molecule has 1 aliphatic rings. The molecule has 0 spiro atoms. The highest BCUT2D eigenvalue weighted by Gasteiger charge is 2.30. The molecule has 6 heteroatoms. The van der Waals surface area contributed by atoms with E-state index in [0.29, 0.717) is 38.8 Å². The Hall–Kier alpha value is -2.08. The Balaban J connectivity index is 1.81. The molecule has 6 nitrogen and oxygen atoms in total. The second-order valence-electron chi connectivity index (χ2n) is 6.50. The van der Waals surface area contributed by atoms with Gasteiger partial charge < -0.3 is 15.0 Å². The number of nitrogens with one attached hydrogen (secondary N) is 1. The van der Waals surface area contributed by atoms with Gasteiger partial charge in [-0.1, -0.05) is 26.0 Å². The predicted octanol–water partition coefficient (Wildman–Crippen LogP) is 2.59. The summed E-state index contributed by atoms with van der Waals surface area (Å²) in [7, 11) is 0. The number of urea groups is 1. The fourth-order valence-electron chi connectivity index (χ4n) is 2.78. The largest absolute Gasteiger partial charge is 0.382 e. The molecule has 0 bridgehead atoms. The number of anilines is 1. The molecule has 1 fully saturated rings. The first-order chi connectivity index (χ1) is 12.0. The fourth-order valence-corrected chi connectivity index (χ4v) is 2.78. The van der Waals surface area contributed by atoms with Crippen LogP contribution in [0.4, 0.5) is 10.5 Å². The summed E-state index contributed by atoms with van der Waals surface area (Å²) in [5.41, 5.74) is 2.13. The van der Waals surface area contributed by atoms with Crippen molar-refractivity contribution in [3.63, 3.8) is 0 Å². The number of ether oxygens (including phenoxy) is 1. The second kappa shape index (κ2) is 9.42. The highest BCUT2D eigenvalue weighted by molar-refractivity contribution is 5.96. The minimum atomic E-state index is -0.123. The van der Waals surface area contributed by atoms with Crippen LogP contribution in [0, 0.1) is 0 Å². The van der Waals surface area contributed by atoms with Crippen molar-refractivity contribution >= 4 is 17.6 Å². The summed E-state index contributed by atoms with van der Waals surface area (Å²) in [6.07, 6.45) is 0.780. The van der Waals surface area contributed by atoms with Crippen molar-refractivity contribution in [2.45, 2.75) is 33.1 Å². The third kappa shape index (κ3) is 5.46. The maximum atomic E-state index is 12.5. The standard InChI is InChI=1S/C19H29N3O3/c1-4-25-13-5-10-20-18(23)14-21-11-12-22(19(21)24)17-8-6-16(7-9-17)15(2)3/h6-9,15H,4-5,10-14H2,1-3H3,(H,20,23). The highest BCUT2D eigenvalue weighted by atomic mass is 16.5. The highest BCUT2D eigenvalue weighted by Crippen LogP contribution is 2.23. The van der Waals surface area contributed by atoms with Gasteiger partial charge in [0.2, 0.25) is 5.91 Å². The van der Waals surface area contributed by atoms with E-state index in [1.807, 2.05) is 19.1 Å². The minimum absolute atomic E-state index is 0.105. The Morgan fingerprint density at radius 1 is 1.24 bits per heavy atom. The molecule has 1 N–H and O–H groups in total. The van der Waals surface area contributed by atoms with Gasteiger partial charge in [0.1, 0.15) is 6.54 Å². The fraction of sp³-hybridized carbons (Fsp3) is 0.579. The van der Waals surface area contributed by atoms with Crippen molar-refractivity contribution < 1.29 is 14.3 Å². The average Bonchev–Trinajstić information content (AvgIpc) is 2.95. The third-order valence-electron chi connectivity index (χ3n) is 4.29. The lowest BCUT2D eigenvalue weighted by molar-refractivity contribution is -0.121. The monoisotopic (exact) mass is 347 g/mol. The van der Waals surface area contributed by atoms with Crippen LogP contribution in [0.5, 0.6) is 0 Å². The van der Waals surface area contributed by atoms with E-state index in [0.717, 1.165) is 12.1 Å². The molecule has 0 aliphatic carbocycles. The van der Waals surface area contributed by atoms with Crippen molar-refractivity contribution in [1.29, 1.82) is 0 Å². The SMILES string of the molecule is CCOCCCNC(=O)CN1CCN(c2ccc(C(C)C)cc2)C1=O. The molecule has 1 heterocycles. The van der Waals surface area contributed by atoms with Gasteiger partial charge in [0.15, 0.2) is 0 Å². The minimum Gasteiger partial charge on any atom is -0.382 e. The molecule has 1 aromatic rings. The second-order valence-corrected chi connectivity index (χ2v) is 6.50.